The summed E-state index contributed by atoms with van der Waals surface area (Å²) >= 11 is 0. The molecule has 0 aliphatic carbocycles. The van der Waals surface area contributed by atoms with E-state index in [1.54, 1.807) is 28.9 Å². The molecule has 2 N–H and O–H groups in total. The van der Waals surface area contributed by atoms with Crippen molar-refractivity contribution in [3.8, 4) is 22.5 Å². The van der Waals surface area contributed by atoms with Crippen LogP contribution < -0.4 is 5.73 Å². The van der Waals surface area contributed by atoms with Gasteiger partial charge in [0, 0.05) is 17.3 Å². The highest BCUT2D eigenvalue weighted by Crippen LogP contribution is 2.26. The average molecular weight is 306 g/mol. The van der Waals surface area contributed by atoms with Gasteiger partial charge in [-0.15, -0.1) is 0 Å². The largest absolute Gasteiger partial charge is 0.384 e. The van der Waals surface area contributed by atoms with Gasteiger partial charge in [0.05, 0.1) is 11.4 Å². The van der Waals surface area contributed by atoms with E-state index in [1.807, 2.05) is 12.1 Å². The summed E-state index contributed by atoms with van der Waals surface area (Å²) in [6.45, 7) is 0. The first-order chi connectivity index (χ1) is 11.2. The van der Waals surface area contributed by atoms with E-state index >= 15 is 0 Å². The second-order valence-electron chi connectivity index (χ2n) is 4.97. The molecule has 3 aromatic heterocycles. The molecule has 0 amide bonds. The maximum absolute atomic E-state index is 13.1. The Hall–Kier alpha value is -3.35. The number of nitrogens with two attached hydrogens (primary N) is 1. The van der Waals surface area contributed by atoms with Crippen LogP contribution in [0.1, 0.15) is 0 Å². The van der Waals surface area contributed by atoms with E-state index in [-0.39, 0.29) is 5.82 Å². The first-order valence-electron chi connectivity index (χ1n) is 6.89. The normalized spacial score (nSPS) is 11.0. The highest BCUT2D eigenvalue weighted by Gasteiger charge is 2.11. The van der Waals surface area contributed by atoms with Crippen LogP contribution >= 0.6 is 0 Å². The molecule has 0 spiro atoms. The third-order valence-corrected chi connectivity index (χ3v) is 3.47. The van der Waals surface area contributed by atoms with Crippen molar-refractivity contribution in [3.63, 3.8) is 0 Å². The molecule has 0 bridgehead atoms. The molecule has 112 valence electrons. The third-order valence-electron chi connectivity index (χ3n) is 3.47. The molecule has 23 heavy (non-hydrogen) atoms. The van der Waals surface area contributed by atoms with Gasteiger partial charge in [-0.25, -0.2) is 14.4 Å². The average Bonchev–Trinajstić information content (AvgIpc) is 3.03. The minimum Gasteiger partial charge on any atom is -0.384 e. The lowest BCUT2D eigenvalue weighted by Crippen LogP contribution is -2.00. The van der Waals surface area contributed by atoms with Gasteiger partial charge in [-0.1, -0.05) is 0 Å². The second kappa shape index (κ2) is 5.13. The van der Waals surface area contributed by atoms with Crippen molar-refractivity contribution in [3.05, 3.63) is 60.8 Å². The summed E-state index contributed by atoms with van der Waals surface area (Å²) < 4.78 is 14.8. The lowest BCUT2D eigenvalue weighted by atomic mass is 10.1. The summed E-state index contributed by atoms with van der Waals surface area (Å²) in [5, 5.41) is 4.20. The van der Waals surface area contributed by atoms with Gasteiger partial charge in [0.2, 0.25) is 0 Å². The number of aromatic nitrogens is 5. The lowest BCUT2D eigenvalue weighted by molar-refractivity contribution is 0.628. The number of fused-ring (bicyclic) bond motifs is 1. The molecule has 4 rings (SSSR count). The predicted molar refractivity (Wildman–Crippen MR) is 83.8 cm³/mol. The topological polar surface area (TPSA) is 82.0 Å². The van der Waals surface area contributed by atoms with Crippen molar-refractivity contribution in [1.82, 2.24) is 24.6 Å². The van der Waals surface area contributed by atoms with Crippen molar-refractivity contribution in [1.29, 1.82) is 0 Å². The molecule has 0 saturated carbocycles. The number of nitrogen functional groups attached to an aromatic ring is 1. The molecule has 0 atom stereocenters. The number of hydrogen-bond donors (Lipinski definition) is 1. The van der Waals surface area contributed by atoms with Gasteiger partial charge < -0.3 is 5.73 Å². The zero-order chi connectivity index (χ0) is 15.8. The van der Waals surface area contributed by atoms with E-state index in [0.29, 0.717) is 17.3 Å². The number of anilines is 1. The Kier molecular flexibility index (Phi) is 2.97. The summed E-state index contributed by atoms with van der Waals surface area (Å²) in [6.07, 6.45) is 3.07. The second-order valence-corrected chi connectivity index (χ2v) is 4.97. The van der Waals surface area contributed by atoms with E-state index in [4.69, 9.17) is 5.73 Å². The Morgan fingerprint density at radius 3 is 2.57 bits per heavy atom. The molecule has 0 fully saturated rings. The Labute approximate surface area is 130 Å². The fourth-order valence-electron chi connectivity index (χ4n) is 2.39. The third kappa shape index (κ3) is 2.38. The predicted octanol–water partition coefficient (Wildman–Crippen LogP) is 2.57. The Bertz CT molecular complexity index is 993. The van der Waals surface area contributed by atoms with Crippen molar-refractivity contribution in [2.45, 2.75) is 0 Å². The number of halogens is 1. The van der Waals surface area contributed by atoms with E-state index < -0.39 is 0 Å². The Balaban J connectivity index is 1.96. The first kappa shape index (κ1) is 13.3. The zero-order valence-corrected chi connectivity index (χ0v) is 11.9. The summed E-state index contributed by atoms with van der Waals surface area (Å²) in [5.74, 6) is 0.576. The molecule has 3 heterocycles. The fraction of sp³-hybridized carbons (Fsp3) is 0. The van der Waals surface area contributed by atoms with Crippen LogP contribution in [0.15, 0.2) is 55.0 Å². The quantitative estimate of drug-likeness (QED) is 0.615. The van der Waals surface area contributed by atoms with Crippen molar-refractivity contribution < 1.29 is 4.39 Å². The van der Waals surface area contributed by atoms with Gasteiger partial charge >= 0.3 is 0 Å². The van der Waals surface area contributed by atoms with Gasteiger partial charge in [0.15, 0.2) is 0 Å². The maximum atomic E-state index is 13.1. The number of hydrogen-bond acceptors (Lipinski definition) is 5. The van der Waals surface area contributed by atoms with Gasteiger partial charge in [-0.2, -0.15) is 14.6 Å². The summed E-state index contributed by atoms with van der Waals surface area (Å²) in [6, 6.07) is 11.6. The monoisotopic (exact) mass is 306 g/mol. The molecule has 6 nitrogen and oxygen atoms in total. The van der Waals surface area contributed by atoms with Crippen molar-refractivity contribution in [2.75, 3.05) is 5.73 Å². The maximum Gasteiger partial charge on any atom is 0.253 e. The SMILES string of the molecule is Nc1cc(-c2cc(-c3ccc(F)cc3)nc3ncnn23)ccn1. The van der Waals surface area contributed by atoms with Crippen LogP contribution in [0.3, 0.4) is 0 Å². The van der Waals surface area contributed by atoms with Crippen LogP contribution in [-0.2, 0) is 0 Å². The van der Waals surface area contributed by atoms with Crippen LogP contribution in [0, 0.1) is 5.82 Å². The molecule has 0 radical (unpaired) electrons. The van der Waals surface area contributed by atoms with E-state index in [9.17, 15) is 4.39 Å². The van der Waals surface area contributed by atoms with E-state index in [2.05, 4.69) is 20.1 Å². The van der Waals surface area contributed by atoms with Crippen LogP contribution in [0.2, 0.25) is 0 Å². The van der Waals surface area contributed by atoms with Crippen molar-refractivity contribution in [2.24, 2.45) is 0 Å². The number of nitrogens with zero attached hydrogens (tertiary/aromatic N) is 5. The van der Waals surface area contributed by atoms with Crippen LogP contribution in [-0.4, -0.2) is 24.6 Å². The minimum absolute atomic E-state index is 0.292. The molecule has 0 unspecified atom stereocenters. The molecular formula is C16H11FN6. The molecule has 0 aliphatic rings. The highest BCUT2D eigenvalue weighted by molar-refractivity contribution is 5.71. The number of rotatable bonds is 2. The Morgan fingerprint density at radius 2 is 1.78 bits per heavy atom. The Morgan fingerprint density at radius 1 is 0.957 bits per heavy atom. The minimum atomic E-state index is -0.292. The smallest absolute Gasteiger partial charge is 0.253 e. The van der Waals surface area contributed by atoms with E-state index in [0.717, 1.165) is 16.8 Å². The van der Waals surface area contributed by atoms with Crippen LogP contribution in [0.4, 0.5) is 10.2 Å². The molecular weight excluding hydrogens is 295 g/mol. The van der Waals surface area contributed by atoms with Crippen molar-refractivity contribution >= 4 is 11.6 Å². The highest BCUT2D eigenvalue weighted by atomic mass is 19.1. The fourth-order valence-corrected chi connectivity index (χ4v) is 2.39. The van der Waals surface area contributed by atoms with Gasteiger partial charge in [0.25, 0.3) is 5.78 Å². The van der Waals surface area contributed by atoms with E-state index in [1.165, 1.54) is 18.5 Å². The standard InChI is InChI=1S/C16H11FN6/c17-12-3-1-10(2-4-12)13-8-14(11-5-6-19-15(18)7-11)23-16(22-13)20-9-21-23/h1-9H,(H2,18,19). The molecule has 4 aromatic rings. The molecule has 7 heteroatoms. The molecule has 0 saturated heterocycles. The van der Waals surface area contributed by atoms with Crippen LogP contribution in [0.25, 0.3) is 28.3 Å². The summed E-state index contributed by atoms with van der Waals surface area (Å²) in [7, 11) is 0. The first-order valence-corrected chi connectivity index (χ1v) is 6.89. The van der Waals surface area contributed by atoms with Gasteiger partial charge in [-0.3, -0.25) is 0 Å². The lowest BCUT2D eigenvalue weighted by Gasteiger charge is -2.08. The zero-order valence-electron chi connectivity index (χ0n) is 11.9. The summed E-state index contributed by atoms with van der Waals surface area (Å²) in [4.78, 5) is 12.6. The summed E-state index contributed by atoms with van der Waals surface area (Å²) in [5.41, 5.74) is 8.86. The number of benzene rings is 1. The molecule has 0 aliphatic heterocycles. The van der Waals surface area contributed by atoms with Crippen LogP contribution in [0.5, 0.6) is 0 Å². The number of pyridine rings is 1. The van der Waals surface area contributed by atoms with Gasteiger partial charge in [-0.05, 0) is 42.5 Å². The molecule has 1 aromatic carbocycles. The van der Waals surface area contributed by atoms with Gasteiger partial charge in [0.1, 0.15) is 18.0 Å².